The van der Waals surface area contributed by atoms with Crippen LogP contribution in [0, 0.1) is 6.92 Å². The molecule has 3 heterocycles. The minimum absolute atomic E-state index is 0. The summed E-state index contributed by atoms with van der Waals surface area (Å²) in [6.45, 7) is 7.58. The summed E-state index contributed by atoms with van der Waals surface area (Å²) in [5.41, 5.74) is 3.25. The average molecular weight is 574 g/mol. The Hall–Kier alpha value is -2.62. The van der Waals surface area contributed by atoms with Gasteiger partial charge in [-0.1, -0.05) is 24.3 Å². The first-order valence-electron chi connectivity index (χ1n) is 11.8. The normalized spacial score (nSPS) is 14.6. The van der Waals surface area contributed by atoms with Crippen LogP contribution in [0.3, 0.4) is 0 Å². The Morgan fingerprint density at radius 1 is 1.09 bits per heavy atom. The molecule has 4 rings (SSSR count). The van der Waals surface area contributed by atoms with Crippen molar-refractivity contribution in [3.8, 4) is 0 Å². The Bertz CT molecular complexity index is 1110. The molecule has 0 amide bonds. The molecule has 0 saturated carbocycles. The first kappa shape index (κ1) is 26.0. The molecule has 1 saturated heterocycles. The van der Waals surface area contributed by atoms with Gasteiger partial charge in [-0.2, -0.15) is 0 Å². The summed E-state index contributed by atoms with van der Waals surface area (Å²) < 4.78 is 0. The highest BCUT2D eigenvalue weighted by Crippen LogP contribution is 2.23. The second-order valence-electron chi connectivity index (χ2n) is 8.79. The fourth-order valence-corrected chi connectivity index (χ4v) is 4.23. The molecular formula is C26H36IN7. The largest absolute Gasteiger partial charge is 0.363 e. The number of rotatable bonds is 6. The molecule has 0 aliphatic carbocycles. The fraction of sp³-hybridized carbons (Fsp3) is 0.423. The van der Waals surface area contributed by atoms with Crippen LogP contribution in [0.15, 0.2) is 53.5 Å². The lowest BCUT2D eigenvalue weighted by molar-refractivity contribution is 0.459. The molecule has 0 bridgehead atoms. The smallest absolute Gasteiger partial charge is 0.191 e. The van der Waals surface area contributed by atoms with E-state index in [1.165, 1.54) is 5.56 Å². The van der Waals surface area contributed by atoms with E-state index >= 15 is 0 Å². The molecule has 2 N–H and O–H groups in total. The number of piperidine rings is 1. The number of hydrogen-bond acceptors (Lipinski definition) is 5. The highest BCUT2D eigenvalue weighted by Gasteiger charge is 2.21. The Morgan fingerprint density at radius 3 is 2.56 bits per heavy atom. The number of hydrogen-bond donors (Lipinski definition) is 2. The third-order valence-electron chi connectivity index (χ3n) is 6.03. The zero-order chi connectivity index (χ0) is 23.2. The number of aliphatic imine (C=N–C) groups is 1. The van der Waals surface area contributed by atoms with E-state index in [-0.39, 0.29) is 24.0 Å². The lowest BCUT2D eigenvalue weighted by Crippen LogP contribution is -2.48. The van der Waals surface area contributed by atoms with Crippen molar-refractivity contribution in [2.45, 2.75) is 39.3 Å². The Balaban J connectivity index is 0.00000324. The Kier molecular flexibility index (Phi) is 9.32. The van der Waals surface area contributed by atoms with Crippen LogP contribution in [-0.4, -0.2) is 55.7 Å². The number of benzene rings is 1. The molecule has 0 unspecified atom stereocenters. The quantitative estimate of drug-likeness (QED) is 0.260. The zero-order valence-electron chi connectivity index (χ0n) is 20.6. The predicted molar refractivity (Wildman–Crippen MR) is 154 cm³/mol. The number of para-hydroxylation sites is 1. The van der Waals surface area contributed by atoms with E-state index in [9.17, 15) is 0 Å². The molecule has 0 atom stereocenters. The molecule has 1 aliphatic rings. The molecule has 0 radical (unpaired) electrons. The van der Waals surface area contributed by atoms with Gasteiger partial charge in [0.05, 0.1) is 12.1 Å². The van der Waals surface area contributed by atoms with Gasteiger partial charge in [-0.3, -0.25) is 0 Å². The van der Waals surface area contributed by atoms with E-state index in [1.807, 2.05) is 38.1 Å². The summed E-state index contributed by atoms with van der Waals surface area (Å²) >= 11 is 0. The Morgan fingerprint density at radius 2 is 1.85 bits per heavy atom. The van der Waals surface area contributed by atoms with E-state index in [0.29, 0.717) is 12.6 Å². The van der Waals surface area contributed by atoms with Crippen molar-refractivity contribution in [3.63, 3.8) is 0 Å². The van der Waals surface area contributed by atoms with Gasteiger partial charge < -0.3 is 20.4 Å². The maximum absolute atomic E-state index is 4.94. The summed E-state index contributed by atoms with van der Waals surface area (Å²) in [7, 11) is 4.04. The van der Waals surface area contributed by atoms with Gasteiger partial charge in [0, 0.05) is 50.9 Å². The molecule has 182 valence electrons. The molecule has 2 aromatic heterocycles. The standard InChI is InChI=1S/C26H35N7.HI/c1-5-27-26(30-21-13-15-33(16-14-21)24-12-8-9-19(2)29-24)28-18-20-17-25(32(3)4)31-23-11-7-6-10-22(20)23;/h6-12,17,21H,5,13-16,18H2,1-4H3,(H2,27,28,30);1H. The summed E-state index contributed by atoms with van der Waals surface area (Å²) in [6, 6.07) is 17.1. The van der Waals surface area contributed by atoms with Gasteiger partial charge in [0.15, 0.2) is 5.96 Å². The van der Waals surface area contributed by atoms with Gasteiger partial charge in [-0.05, 0) is 56.5 Å². The Labute approximate surface area is 220 Å². The molecule has 1 aliphatic heterocycles. The van der Waals surface area contributed by atoms with Gasteiger partial charge >= 0.3 is 0 Å². The van der Waals surface area contributed by atoms with Gasteiger partial charge in [-0.15, -0.1) is 24.0 Å². The minimum atomic E-state index is 0. The lowest BCUT2D eigenvalue weighted by atomic mass is 10.1. The van der Waals surface area contributed by atoms with Gasteiger partial charge in [0.1, 0.15) is 11.6 Å². The van der Waals surface area contributed by atoms with E-state index < -0.39 is 0 Å². The van der Waals surface area contributed by atoms with Crippen LogP contribution in [0.5, 0.6) is 0 Å². The number of aromatic nitrogens is 2. The number of nitrogens with one attached hydrogen (secondary N) is 2. The molecule has 34 heavy (non-hydrogen) atoms. The second kappa shape index (κ2) is 12.2. The number of pyridine rings is 2. The van der Waals surface area contributed by atoms with Crippen LogP contribution in [0.25, 0.3) is 10.9 Å². The molecule has 1 aromatic carbocycles. The summed E-state index contributed by atoms with van der Waals surface area (Å²) in [5, 5.41) is 8.24. The van der Waals surface area contributed by atoms with Crippen LogP contribution in [0.4, 0.5) is 11.6 Å². The SMILES string of the molecule is CCNC(=NCc1cc(N(C)C)nc2ccccc12)NC1CCN(c2cccc(C)n2)CC1.I. The highest BCUT2D eigenvalue weighted by atomic mass is 127. The third-order valence-corrected chi connectivity index (χ3v) is 6.03. The van der Waals surface area contributed by atoms with Crippen molar-refractivity contribution in [2.24, 2.45) is 4.99 Å². The molecular weight excluding hydrogens is 537 g/mol. The van der Waals surface area contributed by atoms with Crippen LogP contribution >= 0.6 is 24.0 Å². The number of nitrogens with zero attached hydrogens (tertiary/aromatic N) is 5. The fourth-order valence-electron chi connectivity index (χ4n) is 4.23. The summed E-state index contributed by atoms with van der Waals surface area (Å²) in [4.78, 5) is 18.8. The van der Waals surface area contributed by atoms with Crippen molar-refractivity contribution >= 4 is 52.5 Å². The molecule has 3 aromatic rings. The van der Waals surface area contributed by atoms with Crippen molar-refractivity contribution < 1.29 is 0 Å². The van der Waals surface area contributed by atoms with E-state index in [1.54, 1.807) is 0 Å². The van der Waals surface area contributed by atoms with Crippen molar-refractivity contribution in [1.29, 1.82) is 0 Å². The summed E-state index contributed by atoms with van der Waals surface area (Å²) in [6.07, 6.45) is 2.12. The van der Waals surface area contributed by atoms with Gasteiger partial charge in [0.2, 0.25) is 0 Å². The monoisotopic (exact) mass is 573 g/mol. The predicted octanol–water partition coefficient (Wildman–Crippen LogP) is 4.35. The topological polar surface area (TPSA) is 68.7 Å². The first-order chi connectivity index (χ1) is 16.0. The minimum Gasteiger partial charge on any atom is -0.363 e. The molecule has 0 spiro atoms. The van der Waals surface area contributed by atoms with E-state index in [4.69, 9.17) is 9.98 Å². The molecule has 7 nitrogen and oxygen atoms in total. The number of guanidine groups is 1. The van der Waals surface area contributed by atoms with E-state index in [2.05, 4.69) is 63.8 Å². The van der Waals surface area contributed by atoms with Crippen LogP contribution < -0.4 is 20.4 Å². The number of anilines is 2. The van der Waals surface area contributed by atoms with Gasteiger partial charge in [-0.25, -0.2) is 15.0 Å². The van der Waals surface area contributed by atoms with Crippen molar-refractivity contribution in [1.82, 2.24) is 20.6 Å². The molecule has 8 heteroatoms. The first-order valence-corrected chi connectivity index (χ1v) is 11.8. The van der Waals surface area contributed by atoms with Gasteiger partial charge in [0.25, 0.3) is 0 Å². The average Bonchev–Trinajstić information content (AvgIpc) is 2.82. The number of halogens is 1. The lowest BCUT2D eigenvalue weighted by Gasteiger charge is -2.34. The third kappa shape index (κ3) is 6.49. The number of fused-ring (bicyclic) bond motifs is 1. The van der Waals surface area contributed by atoms with Crippen molar-refractivity contribution in [3.05, 3.63) is 59.8 Å². The van der Waals surface area contributed by atoms with Crippen molar-refractivity contribution in [2.75, 3.05) is 43.5 Å². The van der Waals surface area contributed by atoms with Crippen LogP contribution in [-0.2, 0) is 6.54 Å². The number of aryl methyl sites for hydroxylation is 1. The van der Waals surface area contributed by atoms with E-state index in [0.717, 1.165) is 66.7 Å². The molecule has 1 fully saturated rings. The van der Waals surface area contributed by atoms with Crippen LogP contribution in [0.2, 0.25) is 0 Å². The maximum Gasteiger partial charge on any atom is 0.191 e. The summed E-state index contributed by atoms with van der Waals surface area (Å²) in [5.74, 6) is 2.90. The second-order valence-corrected chi connectivity index (χ2v) is 8.79. The highest BCUT2D eigenvalue weighted by molar-refractivity contribution is 14.0. The van der Waals surface area contributed by atoms with Crippen LogP contribution in [0.1, 0.15) is 31.0 Å². The zero-order valence-corrected chi connectivity index (χ0v) is 22.9. The maximum atomic E-state index is 4.94.